The molecular formula is C23H25ClN4O3S. The number of benzene rings is 2. The van der Waals surface area contributed by atoms with Gasteiger partial charge < -0.3 is 14.8 Å². The number of hydrogen-bond acceptors (Lipinski definition) is 6. The highest BCUT2D eigenvalue weighted by Gasteiger charge is 2.22. The summed E-state index contributed by atoms with van der Waals surface area (Å²) in [5, 5.41) is 12.6. The number of amides is 1. The van der Waals surface area contributed by atoms with Gasteiger partial charge in [0.1, 0.15) is 19.5 Å². The Hall–Kier alpha value is -2.71. The van der Waals surface area contributed by atoms with Crippen molar-refractivity contribution < 1.29 is 14.3 Å². The predicted molar refractivity (Wildman–Crippen MR) is 125 cm³/mol. The van der Waals surface area contributed by atoms with Gasteiger partial charge in [0, 0.05) is 5.02 Å². The molecular weight excluding hydrogens is 448 g/mol. The van der Waals surface area contributed by atoms with Gasteiger partial charge in [-0.3, -0.25) is 9.36 Å². The van der Waals surface area contributed by atoms with Crippen molar-refractivity contribution in [2.45, 2.75) is 32.0 Å². The SMILES string of the molecule is Cc1ccc(-n2cnnc2SCC(=O)NC(c2ccc3c(c2)OCCO3)C(C)C)cc1Cl. The van der Waals surface area contributed by atoms with Gasteiger partial charge in [-0.15, -0.1) is 10.2 Å². The lowest BCUT2D eigenvalue weighted by atomic mass is 9.95. The summed E-state index contributed by atoms with van der Waals surface area (Å²) in [7, 11) is 0. The number of ether oxygens (including phenoxy) is 2. The van der Waals surface area contributed by atoms with Crippen molar-refractivity contribution in [3.8, 4) is 17.2 Å². The van der Waals surface area contributed by atoms with E-state index in [0.29, 0.717) is 29.1 Å². The zero-order valence-corrected chi connectivity index (χ0v) is 19.7. The summed E-state index contributed by atoms with van der Waals surface area (Å²) < 4.78 is 13.1. The van der Waals surface area contributed by atoms with Crippen molar-refractivity contribution in [3.05, 3.63) is 58.9 Å². The number of aromatic nitrogens is 3. The Morgan fingerprint density at radius 3 is 2.72 bits per heavy atom. The smallest absolute Gasteiger partial charge is 0.230 e. The minimum absolute atomic E-state index is 0.0833. The molecule has 1 atom stereocenters. The maximum atomic E-state index is 12.8. The molecule has 0 aliphatic carbocycles. The summed E-state index contributed by atoms with van der Waals surface area (Å²) in [6.07, 6.45) is 1.62. The number of carbonyl (C=O) groups is 1. The van der Waals surface area contributed by atoms with E-state index in [4.69, 9.17) is 21.1 Å². The molecule has 9 heteroatoms. The van der Waals surface area contributed by atoms with Crippen LogP contribution in [-0.4, -0.2) is 39.6 Å². The second-order valence-corrected chi connectivity index (χ2v) is 9.25. The van der Waals surface area contributed by atoms with Crippen LogP contribution in [0, 0.1) is 12.8 Å². The summed E-state index contributed by atoms with van der Waals surface area (Å²) in [4.78, 5) is 12.8. The van der Waals surface area contributed by atoms with Crippen molar-refractivity contribution in [2.24, 2.45) is 5.92 Å². The first-order chi connectivity index (χ1) is 15.4. The van der Waals surface area contributed by atoms with E-state index >= 15 is 0 Å². The molecule has 1 aliphatic rings. The van der Waals surface area contributed by atoms with Crippen molar-refractivity contribution in [1.82, 2.24) is 20.1 Å². The molecule has 0 saturated heterocycles. The summed E-state index contributed by atoms with van der Waals surface area (Å²) in [5.41, 5.74) is 2.83. The highest BCUT2D eigenvalue weighted by molar-refractivity contribution is 7.99. The average molecular weight is 473 g/mol. The molecule has 0 spiro atoms. The normalized spacial score (nSPS) is 13.8. The minimum atomic E-state index is -0.146. The van der Waals surface area contributed by atoms with Crippen LogP contribution in [-0.2, 0) is 4.79 Å². The van der Waals surface area contributed by atoms with Crippen LogP contribution in [0.3, 0.4) is 0 Å². The van der Waals surface area contributed by atoms with Crippen LogP contribution in [0.5, 0.6) is 11.5 Å². The minimum Gasteiger partial charge on any atom is -0.486 e. The fourth-order valence-electron chi connectivity index (χ4n) is 3.47. The highest BCUT2D eigenvalue weighted by atomic mass is 35.5. The van der Waals surface area contributed by atoms with Gasteiger partial charge in [0.15, 0.2) is 16.7 Å². The third kappa shape index (κ3) is 5.02. The molecule has 2 aromatic carbocycles. The molecule has 1 unspecified atom stereocenters. The summed E-state index contributed by atoms with van der Waals surface area (Å²) in [6.45, 7) is 7.18. The lowest BCUT2D eigenvalue weighted by Crippen LogP contribution is -2.33. The number of carbonyl (C=O) groups excluding carboxylic acids is 1. The van der Waals surface area contributed by atoms with Crippen LogP contribution < -0.4 is 14.8 Å². The fourth-order valence-corrected chi connectivity index (χ4v) is 4.38. The molecule has 2 heterocycles. The fraction of sp³-hybridized carbons (Fsp3) is 0.348. The van der Waals surface area contributed by atoms with E-state index in [-0.39, 0.29) is 23.6 Å². The van der Waals surface area contributed by atoms with E-state index in [1.165, 1.54) is 11.8 Å². The summed E-state index contributed by atoms with van der Waals surface area (Å²) >= 11 is 7.59. The van der Waals surface area contributed by atoms with Crippen LogP contribution in [0.25, 0.3) is 5.69 Å². The highest BCUT2D eigenvalue weighted by Crippen LogP contribution is 2.34. The van der Waals surface area contributed by atoms with E-state index in [1.54, 1.807) is 6.33 Å². The summed E-state index contributed by atoms with van der Waals surface area (Å²) in [6, 6.07) is 11.4. The number of hydrogen-bond donors (Lipinski definition) is 1. The lowest BCUT2D eigenvalue weighted by Gasteiger charge is -2.25. The standard InChI is InChI=1S/C23H25ClN4O3S/c1-14(2)22(16-5-7-19-20(10-16)31-9-8-30-19)26-21(29)12-32-23-27-25-13-28(23)17-6-4-15(3)18(24)11-17/h4-7,10-11,13-14,22H,8-9,12H2,1-3H3,(H,26,29). The third-order valence-electron chi connectivity index (χ3n) is 5.19. The number of nitrogens with one attached hydrogen (secondary N) is 1. The van der Waals surface area contributed by atoms with E-state index in [2.05, 4.69) is 29.4 Å². The van der Waals surface area contributed by atoms with E-state index < -0.39 is 0 Å². The van der Waals surface area contributed by atoms with E-state index in [1.807, 2.05) is 47.9 Å². The monoisotopic (exact) mass is 472 g/mol. The number of thioether (sulfide) groups is 1. The molecule has 32 heavy (non-hydrogen) atoms. The number of halogens is 1. The van der Waals surface area contributed by atoms with Crippen LogP contribution in [0.1, 0.15) is 31.0 Å². The van der Waals surface area contributed by atoms with Crippen molar-refractivity contribution in [3.63, 3.8) is 0 Å². The van der Waals surface area contributed by atoms with Gasteiger partial charge >= 0.3 is 0 Å². The molecule has 1 N–H and O–H groups in total. The number of aryl methyl sites for hydroxylation is 1. The average Bonchev–Trinajstić information content (AvgIpc) is 3.26. The van der Waals surface area contributed by atoms with Crippen LogP contribution in [0.15, 0.2) is 47.9 Å². The Bertz CT molecular complexity index is 1120. The van der Waals surface area contributed by atoms with Gasteiger partial charge in [-0.25, -0.2) is 0 Å². The largest absolute Gasteiger partial charge is 0.486 e. The Morgan fingerprint density at radius 2 is 1.97 bits per heavy atom. The number of rotatable bonds is 7. The lowest BCUT2D eigenvalue weighted by molar-refractivity contribution is -0.119. The molecule has 1 amide bonds. The van der Waals surface area contributed by atoms with Crippen LogP contribution in [0.2, 0.25) is 5.02 Å². The first-order valence-corrected chi connectivity index (χ1v) is 11.8. The van der Waals surface area contributed by atoms with Gasteiger partial charge in [0.25, 0.3) is 0 Å². The maximum Gasteiger partial charge on any atom is 0.230 e. The Morgan fingerprint density at radius 1 is 1.19 bits per heavy atom. The molecule has 0 radical (unpaired) electrons. The predicted octanol–water partition coefficient (Wildman–Crippen LogP) is 4.61. The zero-order chi connectivity index (χ0) is 22.7. The molecule has 1 aliphatic heterocycles. The van der Waals surface area contributed by atoms with Gasteiger partial charge in [0.05, 0.1) is 17.5 Å². The van der Waals surface area contributed by atoms with E-state index in [9.17, 15) is 4.79 Å². The molecule has 4 rings (SSSR count). The first kappa shape index (κ1) is 22.5. The molecule has 1 aromatic heterocycles. The van der Waals surface area contributed by atoms with Crippen molar-refractivity contribution >= 4 is 29.3 Å². The second-order valence-electron chi connectivity index (χ2n) is 7.90. The van der Waals surface area contributed by atoms with Crippen molar-refractivity contribution in [1.29, 1.82) is 0 Å². The molecule has 168 valence electrons. The van der Waals surface area contributed by atoms with Gasteiger partial charge in [-0.1, -0.05) is 49.3 Å². The maximum absolute atomic E-state index is 12.8. The van der Waals surface area contributed by atoms with Crippen molar-refractivity contribution in [2.75, 3.05) is 19.0 Å². The van der Waals surface area contributed by atoms with Gasteiger partial charge in [-0.05, 0) is 48.2 Å². The number of nitrogens with zero attached hydrogens (tertiary/aromatic N) is 3. The van der Waals surface area contributed by atoms with E-state index in [0.717, 1.165) is 22.6 Å². The molecule has 0 saturated carbocycles. The van der Waals surface area contributed by atoms with Gasteiger partial charge in [0.2, 0.25) is 5.91 Å². The van der Waals surface area contributed by atoms with Crippen LogP contribution in [0.4, 0.5) is 0 Å². The Labute approximate surface area is 196 Å². The zero-order valence-electron chi connectivity index (χ0n) is 18.2. The molecule has 0 fully saturated rings. The second kappa shape index (κ2) is 9.83. The first-order valence-electron chi connectivity index (χ1n) is 10.4. The number of fused-ring (bicyclic) bond motifs is 1. The van der Waals surface area contributed by atoms with Gasteiger partial charge in [-0.2, -0.15) is 0 Å². The van der Waals surface area contributed by atoms with Crippen LogP contribution >= 0.6 is 23.4 Å². The third-order valence-corrected chi connectivity index (χ3v) is 6.54. The quantitative estimate of drug-likeness (QED) is 0.506. The Kier molecular flexibility index (Phi) is 6.91. The molecule has 7 nitrogen and oxygen atoms in total. The Balaban J connectivity index is 1.43. The topological polar surface area (TPSA) is 78.3 Å². The molecule has 3 aromatic rings. The molecule has 0 bridgehead atoms. The summed E-state index contributed by atoms with van der Waals surface area (Å²) in [5.74, 6) is 1.78.